The van der Waals surface area contributed by atoms with E-state index in [4.69, 9.17) is 17.3 Å². The van der Waals surface area contributed by atoms with E-state index in [0.717, 1.165) is 11.1 Å². The van der Waals surface area contributed by atoms with Gasteiger partial charge in [-0.25, -0.2) is 0 Å². The number of benzene rings is 1. The zero-order chi connectivity index (χ0) is 15.4. The number of carbonyl (C=O) groups is 2. The van der Waals surface area contributed by atoms with Crippen LogP contribution in [0.5, 0.6) is 0 Å². The zero-order valence-corrected chi connectivity index (χ0v) is 13.2. The fourth-order valence-electron chi connectivity index (χ4n) is 1.97. The molecule has 1 aromatic carbocycles. The Morgan fingerprint density at radius 1 is 1.43 bits per heavy atom. The first kappa shape index (κ1) is 15.7. The monoisotopic (exact) mass is 321 g/mol. The van der Waals surface area contributed by atoms with E-state index in [1.54, 1.807) is 0 Å². The Bertz CT molecular complexity index is 625. The first-order chi connectivity index (χ1) is 9.99. The molecule has 1 saturated heterocycles. The molecule has 1 aromatic rings. The first-order valence-electron chi connectivity index (χ1n) is 6.52. The molecule has 0 radical (unpaired) electrons. The largest absolute Gasteiger partial charge is 0.481 e. The maximum atomic E-state index is 12.3. The minimum Gasteiger partial charge on any atom is -0.481 e. The van der Waals surface area contributed by atoms with Crippen molar-refractivity contribution in [3.05, 3.63) is 40.3 Å². The van der Waals surface area contributed by atoms with Crippen molar-refractivity contribution in [3.8, 4) is 0 Å². The van der Waals surface area contributed by atoms with E-state index in [-0.39, 0.29) is 12.3 Å². The summed E-state index contributed by atoms with van der Waals surface area (Å²) >= 11 is 6.47. The van der Waals surface area contributed by atoms with Crippen LogP contribution in [0.3, 0.4) is 0 Å². The second-order valence-corrected chi connectivity index (χ2v) is 6.36. The van der Waals surface area contributed by atoms with Crippen LogP contribution in [0.2, 0.25) is 0 Å². The predicted octanol–water partition coefficient (Wildman–Crippen LogP) is 3.06. The Labute approximate surface area is 132 Å². The van der Waals surface area contributed by atoms with E-state index in [9.17, 15) is 9.59 Å². The van der Waals surface area contributed by atoms with Gasteiger partial charge in [0.25, 0.3) is 5.91 Å². The van der Waals surface area contributed by atoms with Gasteiger partial charge < -0.3 is 5.11 Å². The van der Waals surface area contributed by atoms with Crippen LogP contribution in [0, 0.1) is 6.92 Å². The smallest absolute Gasteiger partial charge is 0.303 e. The van der Waals surface area contributed by atoms with Crippen LogP contribution in [0.25, 0.3) is 6.08 Å². The van der Waals surface area contributed by atoms with Crippen LogP contribution in [0.4, 0.5) is 0 Å². The highest BCUT2D eigenvalue weighted by molar-refractivity contribution is 8.26. The lowest BCUT2D eigenvalue weighted by Gasteiger charge is -2.13. The number of aryl methyl sites for hydroxylation is 1. The standard InChI is InChI=1S/C15H15NO3S2/c1-10-5-2-3-6-11(10)9-12-14(19)16(15(20)21-12)8-4-7-13(17)18/h2-3,5-6,9H,4,7-8H2,1H3,(H,17,18). The molecule has 4 nitrogen and oxygen atoms in total. The maximum Gasteiger partial charge on any atom is 0.303 e. The van der Waals surface area contributed by atoms with E-state index in [1.165, 1.54) is 16.7 Å². The SMILES string of the molecule is Cc1ccccc1C=C1SC(=S)N(CCCC(=O)O)C1=O. The highest BCUT2D eigenvalue weighted by Crippen LogP contribution is 2.33. The van der Waals surface area contributed by atoms with Gasteiger partial charge in [0.05, 0.1) is 4.91 Å². The van der Waals surface area contributed by atoms with Gasteiger partial charge in [0.15, 0.2) is 0 Å². The van der Waals surface area contributed by atoms with Crippen molar-refractivity contribution in [2.75, 3.05) is 6.54 Å². The van der Waals surface area contributed by atoms with Crippen molar-refractivity contribution >= 4 is 46.3 Å². The molecule has 1 N–H and O–H groups in total. The van der Waals surface area contributed by atoms with Crippen LogP contribution in [0.1, 0.15) is 24.0 Å². The molecule has 0 atom stereocenters. The summed E-state index contributed by atoms with van der Waals surface area (Å²) in [5.41, 5.74) is 2.08. The number of thioether (sulfide) groups is 1. The summed E-state index contributed by atoms with van der Waals surface area (Å²) in [6.45, 7) is 2.33. The molecule has 0 unspecified atom stereocenters. The summed E-state index contributed by atoms with van der Waals surface area (Å²) in [6, 6.07) is 7.81. The Hall–Kier alpha value is -1.66. The van der Waals surface area contributed by atoms with E-state index in [2.05, 4.69) is 0 Å². The molecular formula is C15H15NO3S2. The third kappa shape index (κ3) is 3.92. The van der Waals surface area contributed by atoms with Crippen LogP contribution in [0.15, 0.2) is 29.2 Å². The van der Waals surface area contributed by atoms with Gasteiger partial charge in [-0.05, 0) is 30.5 Å². The maximum absolute atomic E-state index is 12.3. The van der Waals surface area contributed by atoms with Gasteiger partial charge in [-0.1, -0.05) is 48.2 Å². The summed E-state index contributed by atoms with van der Waals surface area (Å²) in [4.78, 5) is 24.9. The number of amides is 1. The minimum absolute atomic E-state index is 0.0356. The quantitative estimate of drug-likeness (QED) is 0.667. The number of thiocarbonyl (C=S) groups is 1. The summed E-state index contributed by atoms with van der Waals surface area (Å²) in [5, 5.41) is 8.64. The van der Waals surface area contributed by atoms with E-state index in [0.29, 0.717) is 22.2 Å². The number of aliphatic carboxylic acids is 1. The third-order valence-electron chi connectivity index (χ3n) is 3.12. The number of carboxylic acids is 1. The number of hydrogen-bond donors (Lipinski definition) is 1. The fourth-order valence-corrected chi connectivity index (χ4v) is 3.27. The molecule has 1 heterocycles. The minimum atomic E-state index is -0.865. The van der Waals surface area contributed by atoms with Gasteiger partial charge in [-0.15, -0.1) is 0 Å². The average molecular weight is 321 g/mol. The summed E-state index contributed by atoms with van der Waals surface area (Å²) < 4.78 is 0.491. The van der Waals surface area contributed by atoms with Crippen molar-refractivity contribution in [2.24, 2.45) is 0 Å². The summed E-state index contributed by atoms with van der Waals surface area (Å²) in [6.07, 6.45) is 2.28. The first-order valence-corrected chi connectivity index (χ1v) is 7.74. The second-order valence-electron chi connectivity index (χ2n) is 4.69. The van der Waals surface area contributed by atoms with E-state index >= 15 is 0 Å². The van der Waals surface area contributed by atoms with Crippen LogP contribution in [-0.4, -0.2) is 32.7 Å². The molecule has 1 aliphatic rings. The molecule has 2 rings (SSSR count). The molecule has 0 saturated carbocycles. The van der Waals surface area contributed by atoms with Gasteiger partial charge >= 0.3 is 5.97 Å². The molecule has 110 valence electrons. The zero-order valence-electron chi connectivity index (χ0n) is 11.5. The third-order valence-corrected chi connectivity index (χ3v) is 4.50. The predicted molar refractivity (Wildman–Crippen MR) is 87.9 cm³/mol. The Balaban J connectivity index is 2.11. The lowest BCUT2D eigenvalue weighted by molar-refractivity contribution is -0.137. The van der Waals surface area contributed by atoms with Gasteiger partial charge in [0.2, 0.25) is 0 Å². The normalized spacial score (nSPS) is 16.8. The number of hydrogen-bond acceptors (Lipinski definition) is 4. The number of carboxylic acid groups (broad SMARTS) is 1. The Morgan fingerprint density at radius 2 is 2.14 bits per heavy atom. The molecule has 21 heavy (non-hydrogen) atoms. The lowest BCUT2D eigenvalue weighted by Crippen LogP contribution is -2.29. The number of carbonyl (C=O) groups excluding carboxylic acids is 1. The summed E-state index contributed by atoms with van der Waals surface area (Å²) in [7, 11) is 0. The van der Waals surface area contributed by atoms with Gasteiger partial charge in [-0.3, -0.25) is 14.5 Å². The van der Waals surface area contributed by atoms with Crippen LogP contribution in [-0.2, 0) is 9.59 Å². The highest BCUT2D eigenvalue weighted by atomic mass is 32.2. The second kappa shape index (κ2) is 6.87. The van der Waals surface area contributed by atoms with Crippen molar-refractivity contribution < 1.29 is 14.7 Å². The van der Waals surface area contributed by atoms with Gasteiger partial charge in [0.1, 0.15) is 4.32 Å². The Morgan fingerprint density at radius 3 is 2.81 bits per heavy atom. The molecule has 0 aliphatic carbocycles. The van der Waals surface area contributed by atoms with E-state index in [1.807, 2.05) is 37.3 Å². The molecule has 0 bridgehead atoms. The van der Waals surface area contributed by atoms with Crippen LogP contribution < -0.4 is 0 Å². The van der Waals surface area contributed by atoms with Crippen molar-refractivity contribution in [1.29, 1.82) is 0 Å². The average Bonchev–Trinajstić information content (AvgIpc) is 2.68. The van der Waals surface area contributed by atoms with Gasteiger partial charge in [-0.2, -0.15) is 0 Å². The number of rotatable bonds is 5. The van der Waals surface area contributed by atoms with Crippen molar-refractivity contribution in [2.45, 2.75) is 19.8 Å². The van der Waals surface area contributed by atoms with Gasteiger partial charge in [0, 0.05) is 13.0 Å². The molecule has 0 spiro atoms. The molecule has 1 amide bonds. The highest BCUT2D eigenvalue weighted by Gasteiger charge is 2.31. The number of nitrogens with zero attached hydrogens (tertiary/aromatic N) is 1. The molecule has 1 fully saturated rings. The van der Waals surface area contributed by atoms with Crippen LogP contribution >= 0.6 is 24.0 Å². The van der Waals surface area contributed by atoms with Crippen molar-refractivity contribution in [1.82, 2.24) is 4.90 Å². The molecule has 6 heteroatoms. The summed E-state index contributed by atoms with van der Waals surface area (Å²) in [5.74, 6) is -1.01. The fraction of sp³-hybridized carbons (Fsp3) is 0.267. The van der Waals surface area contributed by atoms with Crippen molar-refractivity contribution in [3.63, 3.8) is 0 Å². The molecule has 0 aromatic heterocycles. The molecular weight excluding hydrogens is 306 g/mol. The Kier molecular flexibility index (Phi) is 5.14. The topological polar surface area (TPSA) is 57.6 Å². The van der Waals surface area contributed by atoms with E-state index < -0.39 is 5.97 Å². The molecule has 1 aliphatic heterocycles. The lowest BCUT2D eigenvalue weighted by atomic mass is 10.1.